The normalized spacial score (nSPS) is 16.8. The first kappa shape index (κ1) is 25.1. The summed E-state index contributed by atoms with van der Waals surface area (Å²) in [7, 11) is 0. The topological polar surface area (TPSA) is 115 Å². The van der Waals surface area contributed by atoms with Crippen LogP contribution in [0.3, 0.4) is 0 Å². The number of pyridine rings is 1. The molecule has 0 saturated heterocycles. The summed E-state index contributed by atoms with van der Waals surface area (Å²) in [5, 5.41) is 7.57. The van der Waals surface area contributed by atoms with Crippen LogP contribution < -0.4 is 16.4 Å². The minimum atomic E-state index is -0.208. The Bertz CT molecular complexity index is 1710. The van der Waals surface area contributed by atoms with E-state index in [9.17, 15) is 4.79 Å². The number of nitrogen functional groups attached to an aromatic ring is 1. The Morgan fingerprint density at radius 3 is 2.58 bits per heavy atom. The van der Waals surface area contributed by atoms with Gasteiger partial charge < -0.3 is 20.9 Å². The molecule has 4 N–H and O–H groups in total. The molecule has 3 aromatic heterocycles. The summed E-state index contributed by atoms with van der Waals surface area (Å²) < 4.78 is 2.12. The highest BCUT2D eigenvalue weighted by atomic mass is 16.1. The van der Waals surface area contributed by atoms with E-state index in [1.54, 1.807) is 18.3 Å². The zero-order valence-electron chi connectivity index (χ0n) is 21.8. The van der Waals surface area contributed by atoms with Gasteiger partial charge in [-0.05, 0) is 56.0 Å². The molecule has 9 heteroatoms. The third-order valence-corrected chi connectivity index (χ3v) is 7.25. The lowest BCUT2D eigenvalue weighted by Gasteiger charge is -2.30. The predicted octanol–water partition coefficient (Wildman–Crippen LogP) is 5.77. The van der Waals surface area contributed by atoms with Gasteiger partial charge in [0, 0.05) is 41.1 Å². The fourth-order valence-electron chi connectivity index (χ4n) is 5.33. The van der Waals surface area contributed by atoms with E-state index in [0.717, 1.165) is 47.8 Å². The molecule has 1 fully saturated rings. The summed E-state index contributed by atoms with van der Waals surface area (Å²) in [4.78, 5) is 29.9. The van der Waals surface area contributed by atoms with Crippen LogP contribution in [0.25, 0.3) is 32.7 Å². The Kier molecular flexibility index (Phi) is 6.81. The van der Waals surface area contributed by atoms with Gasteiger partial charge in [-0.2, -0.15) is 0 Å². The van der Waals surface area contributed by atoms with Crippen LogP contribution in [-0.2, 0) is 0 Å². The Balaban J connectivity index is 1.25. The molecular weight excluding hydrogens is 500 g/mol. The maximum absolute atomic E-state index is 12.7. The Morgan fingerprint density at radius 1 is 0.975 bits per heavy atom. The molecule has 0 radical (unpaired) electrons. The van der Waals surface area contributed by atoms with Crippen molar-refractivity contribution in [3.8, 4) is 16.9 Å². The van der Waals surface area contributed by atoms with Crippen LogP contribution >= 0.6 is 0 Å². The van der Waals surface area contributed by atoms with Gasteiger partial charge >= 0.3 is 0 Å². The zero-order valence-corrected chi connectivity index (χ0v) is 21.8. The Morgan fingerprint density at radius 2 is 1.77 bits per heavy atom. The minimum absolute atomic E-state index is 0.00364. The summed E-state index contributed by atoms with van der Waals surface area (Å²) in [5.74, 6) is 0.261. The van der Waals surface area contributed by atoms with Crippen molar-refractivity contribution in [2.24, 2.45) is 0 Å². The molecule has 1 aliphatic carbocycles. The van der Waals surface area contributed by atoms with Crippen LogP contribution in [0.15, 0.2) is 85.3 Å². The van der Waals surface area contributed by atoms with E-state index < -0.39 is 0 Å². The van der Waals surface area contributed by atoms with Gasteiger partial charge in [0.25, 0.3) is 5.91 Å². The quantitative estimate of drug-likeness (QED) is 0.241. The smallest absolute Gasteiger partial charge is 0.270 e. The highest BCUT2D eigenvalue weighted by molar-refractivity contribution is 5.99. The molecule has 198 valence electrons. The summed E-state index contributed by atoms with van der Waals surface area (Å²) >= 11 is 0. The van der Waals surface area contributed by atoms with E-state index in [0.29, 0.717) is 28.7 Å². The van der Waals surface area contributed by atoms with E-state index in [-0.39, 0.29) is 18.0 Å². The zero-order chi connectivity index (χ0) is 27.5. The molecule has 1 amide bonds. The number of aromatic nitrogens is 4. The first-order valence-electron chi connectivity index (χ1n) is 13.3. The van der Waals surface area contributed by atoms with E-state index in [4.69, 9.17) is 17.3 Å². The van der Waals surface area contributed by atoms with Crippen molar-refractivity contribution in [1.82, 2.24) is 24.8 Å². The molecule has 0 spiro atoms. The van der Waals surface area contributed by atoms with Crippen molar-refractivity contribution in [3.05, 3.63) is 102 Å². The molecule has 0 aliphatic heterocycles. The third kappa shape index (κ3) is 5.07. The average molecular weight is 529 g/mol. The van der Waals surface area contributed by atoms with Gasteiger partial charge in [0.15, 0.2) is 0 Å². The Hall–Kier alpha value is -5.23. The maximum atomic E-state index is 12.7. The number of amides is 1. The van der Waals surface area contributed by atoms with Crippen molar-refractivity contribution >= 4 is 34.1 Å². The van der Waals surface area contributed by atoms with Gasteiger partial charge in [-0.15, -0.1) is 0 Å². The highest BCUT2D eigenvalue weighted by Gasteiger charge is 2.25. The summed E-state index contributed by atoms with van der Waals surface area (Å²) in [6.07, 6.45) is 8.62. The van der Waals surface area contributed by atoms with Crippen molar-refractivity contribution in [1.29, 1.82) is 0 Å². The SMILES string of the molecule is [C-]#[N+]c1cnc(N[C@@H]2CCC[C@H](NC(=O)c3ccc(N)cn3)C2)nc1-c1cn(-c2ccccc2)c2ccccc12. The largest absolute Gasteiger partial charge is 0.397 e. The fraction of sp³-hybridized carbons (Fsp3) is 0.194. The number of nitrogens with two attached hydrogens (primary N) is 1. The molecule has 6 rings (SSSR count). The van der Waals surface area contributed by atoms with Gasteiger partial charge in [0.05, 0.1) is 29.7 Å². The van der Waals surface area contributed by atoms with Crippen molar-refractivity contribution in [3.63, 3.8) is 0 Å². The average Bonchev–Trinajstić information content (AvgIpc) is 3.38. The number of nitrogens with one attached hydrogen (secondary N) is 2. The number of para-hydroxylation sites is 2. The van der Waals surface area contributed by atoms with Gasteiger partial charge in [0.2, 0.25) is 11.6 Å². The van der Waals surface area contributed by atoms with Crippen molar-refractivity contribution in [2.75, 3.05) is 11.1 Å². The number of hydrogen-bond acceptors (Lipinski definition) is 6. The van der Waals surface area contributed by atoms with Crippen LogP contribution in [0.4, 0.5) is 17.3 Å². The first-order chi connectivity index (χ1) is 19.6. The molecule has 9 nitrogen and oxygen atoms in total. The molecule has 0 unspecified atom stereocenters. The molecule has 1 saturated carbocycles. The van der Waals surface area contributed by atoms with E-state index >= 15 is 0 Å². The number of nitrogens with zero attached hydrogens (tertiary/aromatic N) is 5. The molecular formula is C31H28N8O. The molecule has 0 bridgehead atoms. The van der Waals surface area contributed by atoms with Gasteiger partial charge in [-0.3, -0.25) is 4.79 Å². The lowest BCUT2D eigenvalue weighted by molar-refractivity contribution is 0.0921. The number of carbonyl (C=O) groups excluding carboxylic acids is 1. The molecule has 1 aliphatic rings. The number of fused-ring (bicyclic) bond motifs is 1. The third-order valence-electron chi connectivity index (χ3n) is 7.25. The van der Waals surface area contributed by atoms with Crippen molar-refractivity contribution < 1.29 is 4.79 Å². The molecule has 3 heterocycles. The minimum Gasteiger partial charge on any atom is -0.397 e. The number of benzene rings is 2. The van der Waals surface area contributed by atoms with Gasteiger partial charge in [-0.25, -0.2) is 19.8 Å². The van der Waals surface area contributed by atoms with Crippen LogP contribution in [0, 0.1) is 6.57 Å². The number of rotatable bonds is 6. The van der Waals surface area contributed by atoms with Crippen LogP contribution in [0.2, 0.25) is 0 Å². The number of carbonyl (C=O) groups is 1. The molecule has 2 atom stereocenters. The molecule has 5 aromatic rings. The van der Waals surface area contributed by atoms with Crippen molar-refractivity contribution in [2.45, 2.75) is 37.8 Å². The lowest BCUT2D eigenvalue weighted by atomic mass is 9.91. The number of hydrogen-bond donors (Lipinski definition) is 3. The lowest BCUT2D eigenvalue weighted by Crippen LogP contribution is -2.42. The standard InChI is InChI=1S/C31H28N8O/c1-33-27-18-35-31(37-22-9-7-8-21(16-22)36-30(40)26-15-14-20(32)17-34-26)38-29(27)25-19-39(23-10-3-2-4-11-23)28-13-6-5-12-24(25)28/h2-6,10-15,17-19,21-22H,7-9,16,32H2,(H,36,40)(H,35,37,38)/t21-,22+/m0/s1. The van der Waals surface area contributed by atoms with E-state index in [1.165, 1.54) is 6.20 Å². The summed E-state index contributed by atoms with van der Waals surface area (Å²) in [6.45, 7) is 7.78. The molecule has 2 aromatic carbocycles. The number of anilines is 2. The van der Waals surface area contributed by atoms with Crippen LogP contribution in [0.5, 0.6) is 0 Å². The second-order valence-corrected chi connectivity index (χ2v) is 9.96. The monoisotopic (exact) mass is 528 g/mol. The predicted molar refractivity (Wildman–Crippen MR) is 156 cm³/mol. The van der Waals surface area contributed by atoms with Crippen LogP contribution in [-0.4, -0.2) is 37.5 Å². The summed E-state index contributed by atoms with van der Waals surface area (Å²) in [5.41, 5.74) is 10.5. The first-order valence-corrected chi connectivity index (χ1v) is 13.3. The summed E-state index contributed by atoms with van der Waals surface area (Å²) in [6, 6.07) is 21.6. The second-order valence-electron chi connectivity index (χ2n) is 9.96. The van der Waals surface area contributed by atoms with Gasteiger partial charge in [-0.1, -0.05) is 36.4 Å². The second kappa shape index (κ2) is 10.9. The van der Waals surface area contributed by atoms with Crippen LogP contribution in [0.1, 0.15) is 36.2 Å². The Labute approximate surface area is 231 Å². The molecule has 40 heavy (non-hydrogen) atoms. The van der Waals surface area contributed by atoms with E-state index in [2.05, 4.69) is 54.3 Å². The highest BCUT2D eigenvalue weighted by Crippen LogP contribution is 2.37. The van der Waals surface area contributed by atoms with E-state index in [1.807, 2.05) is 36.5 Å². The maximum Gasteiger partial charge on any atom is 0.270 e. The fourth-order valence-corrected chi connectivity index (χ4v) is 5.33. The van der Waals surface area contributed by atoms with Gasteiger partial charge in [0.1, 0.15) is 5.69 Å².